The van der Waals surface area contributed by atoms with Gasteiger partial charge in [-0.2, -0.15) is 4.31 Å². The van der Waals surface area contributed by atoms with E-state index in [-0.39, 0.29) is 17.9 Å². The molecule has 3 aliphatic rings. The molecule has 1 saturated heterocycles. The van der Waals surface area contributed by atoms with Gasteiger partial charge in [0.1, 0.15) is 0 Å². The second-order valence-electron chi connectivity index (χ2n) is 7.53. The fourth-order valence-corrected chi connectivity index (χ4v) is 5.28. The van der Waals surface area contributed by atoms with Gasteiger partial charge in [0.2, 0.25) is 15.9 Å². The number of fused-ring (bicyclic) bond motifs is 1. The van der Waals surface area contributed by atoms with Crippen LogP contribution in [0.15, 0.2) is 23.1 Å². The molecular formula is C18H25N3O3S. The lowest BCUT2D eigenvalue weighted by atomic mass is 10.1. The molecule has 136 valence electrons. The van der Waals surface area contributed by atoms with Crippen LogP contribution in [0.3, 0.4) is 0 Å². The quantitative estimate of drug-likeness (QED) is 0.812. The van der Waals surface area contributed by atoms with E-state index >= 15 is 0 Å². The van der Waals surface area contributed by atoms with Crippen LogP contribution in [0.4, 0.5) is 5.69 Å². The Balaban J connectivity index is 1.61. The minimum atomic E-state index is -3.46. The zero-order chi connectivity index (χ0) is 17.8. The smallest absolute Gasteiger partial charge is 0.243 e. The summed E-state index contributed by atoms with van der Waals surface area (Å²) in [5, 5.41) is 0. The van der Waals surface area contributed by atoms with E-state index in [0.717, 1.165) is 43.6 Å². The Morgan fingerprint density at radius 1 is 1.12 bits per heavy atom. The average Bonchev–Trinajstić information content (AvgIpc) is 3.36. The molecule has 25 heavy (non-hydrogen) atoms. The molecule has 0 N–H and O–H groups in total. The molecule has 2 heterocycles. The van der Waals surface area contributed by atoms with Crippen LogP contribution >= 0.6 is 0 Å². The van der Waals surface area contributed by atoms with Crippen molar-refractivity contribution < 1.29 is 13.2 Å². The fourth-order valence-electron chi connectivity index (χ4n) is 3.81. The highest BCUT2D eigenvalue weighted by Gasteiger charge is 2.40. The highest BCUT2D eigenvalue weighted by molar-refractivity contribution is 7.89. The number of carbonyl (C=O) groups is 1. The van der Waals surface area contributed by atoms with Crippen molar-refractivity contribution in [3.8, 4) is 0 Å². The molecule has 0 bridgehead atoms. The van der Waals surface area contributed by atoms with Crippen molar-refractivity contribution in [3.05, 3.63) is 23.8 Å². The Kier molecular flexibility index (Phi) is 4.13. The van der Waals surface area contributed by atoms with E-state index in [2.05, 4.69) is 4.90 Å². The number of anilines is 1. The Hall–Kier alpha value is -1.44. The van der Waals surface area contributed by atoms with Crippen molar-refractivity contribution in [3.63, 3.8) is 0 Å². The molecule has 0 aromatic heterocycles. The van der Waals surface area contributed by atoms with Crippen LogP contribution in [0.1, 0.15) is 25.3 Å². The third kappa shape index (κ3) is 2.98. The molecule has 1 amide bonds. The van der Waals surface area contributed by atoms with Gasteiger partial charge in [0.05, 0.1) is 4.90 Å². The number of rotatable bonds is 3. The molecule has 1 aromatic rings. The van der Waals surface area contributed by atoms with Crippen LogP contribution in [0.2, 0.25) is 0 Å². The van der Waals surface area contributed by atoms with Gasteiger partial charge in [-0.1, -0.05) is 0 Å². The predicted molar refractivity (Wildman–Crippen MR) is 96.1 cm³/mol. The van der Waals surface area contributed by atoms with Gasteiger partial charge < -0.3 is 9.80 Å². The monoisotopic (exact) mass is 363 g/mol. The van der Waals surface area contributed by atoms with Crippen molar-refractivity contribution in [2.24, 2.45) is 5.92 Å². The summed E-state index contributed by atoms with van der Waals surface area (Å²) in [6.45, 7) is 4.60. The largest absolute Gasteiger partial charge is 0.309 e. The van der Waals surface area contributed by atoms with Gasteiger partial charge in [-0.25, -0.2) is 8.42 Å². The van der Waals surface area contributed by atoms with Gasteiger partial charge in [-0.05, 0) is 57.0 Å². The minimum absolute atomic E-state index is 0.102. The third-order valence-corrected chi connectivity index (χ3v) is 7.43. The van der Waals surface area contributed by atoms with Crippen LogP contribution in [-0.2, 0) is 21.2 Å². The second-order valence-corrected chi connectivity index (χ2v) is 9.47. The van der Waals surface area contributed by atoms with Crippen LogP contribution in [0.5, 0.6) is 0 Å². The first kappa shape index (κ1) is 17.0. The van der Waals surface area contributed by atoms with Gasteiger partial charge in [-0.15, -0.1) is 0 Å². The normalized spacial score (nSPS) is 25.2. The third-order valence-electron chi connectivity index (χ3n) is 5.53. The highest BCUT2D eigenvalue weighted by Crippen LogP contribution is 2.39. The molecule has 7 heteroatoms. The lowest BCUT2D eigenvalue weighted by Crippen LogP contribution is -2.47. The average molecular weight is 363 g/mol. The van der Waals surface area contributed by atoms with Crippen LogP contribution in [0.25, 0.3) is 0 Å². The zero-order valence-electron chi connectivity index (χ0n) is 14.8. The number of hydrogen-bond acceptors (Lipinski definition) is 4. The molecule has 2 aliphatic heterocycles. The summed E-state index contributed by atoms with van der Waals surface area (Å²) in [4.78, 5) is 16.9. The molecule has 1 atom stereocenters. The summed E-state index contributed by atoms with van der Waals surface area (Å²) in [5.41, 5.74) is 1.86. The molecule has 2 fully saturated rings. The van der Waals surface area contributed by atoms with E-state index in [1.54, 1.807) is 16.4 Å². The number of likely N-dealkylation sites (N-methyl/N-ethyl adjacent to an activating group) is 1. The zero-order valence-corrected chi connectivity index (χ0v) is 15.6. The highest BCUT2D eigenvalue weighted by atomic mass is 32.2. The van der Waals surface area contributed by atoms with Crippen molar-refractivity contribution in [1.29, 1.82) is 0 Å². The summed E-state index contributed by atoms with van der Waals surface area (Å²) >= 11 is 0. The Bertz CT molecular complexity index is 796. The predicted octanol–water partition coefficient (Wildman–Crippen LogP) is 1.31. The van der Waals surface area contributed by atoms with Gasteiger partial charge in [-0.3, -0.25) is 4.79 Å². The summed E-state index contributed by atoms with van der Waals surface area (Å²) < 4.78 is 27.4. The number of amides is 1. The lowest BCUT2D eigenvalue weighted by Gasteiger charge is -2.31. The number of sulfonamides is 1. The molecule has 1 saturated carbocycles. The first-order chi connectivity index (χ1) is 11.9. The number of benzene rings is 1. The number of carbonyl (C=O) groups excluding carboxylic acids is 1. The molecule has 1 aromatic carbocycles. The van der Waals surface area contributed by atoms with Gasteiger partial charge >= 0.3 is 0 Å². The SMILES string of the molecule is C[C@H]1Cc2cc(S(=O)(=O)N3CCN(C)CC3)ccc2N1C(=O)C1CC1. The number of hydrogen-bond donors (Lipinski definition) is 0. The van der Waals surface area contributed by atoms with Gasteiger partial charge in [0.25, 0.3) is 0 Å². The maximum Gasteiger partial charge on any atom is 0.243 e. The van der Waals surface area contributed by atoms with Gasteiger partial charge in [0, 0.05) is 43.8 Å². The maximum atomic E-state index is 12.9. The van der Waals surface area contributed by atoms with E-state index in [1.165, 1.54) is 0 Å². The van der Waals surface area contributed by atoms with Gasteiger partial charge in [0.15, 0.2) is 0 Å². The van der Waals surface area contributed by atoms with E-state index in [1.807, 2.05) is 24.9 Å². The number of nitrogens with zero attached hydrogens (tertiary/aromatic N) is 3. The van der Waals surface area contributed by atoms with Crippen molar-refractivity contribution in [2.75, 3.05) is 38.1 Å². The van der Waals surface area contributed by atoms with Crippen LogP contribution < -0.4 is 4.90 Å². The Morgan fingerprint density at radius 2 is 1.80 bits per heavy atom. The topological polar surface area (TPSA) is 60.9 Å². The standard InChI is InChI=1S/C18H25N3O3S/c1-13-11-15-12-16(25(23,24)20-9-7-19(2)8-10-20)5-6-17(15)21(13)18(22)14-3-4-14/h5-6,12-14H,3-4,7-11H2,1-2H3/t13-/m0/s1. The summed E-state index contributed by atoms with van der Waals surface area (Å²) in [6.07, 6.45) is 2.68. The summed E-state index contributed by atoms with van der Waals surface area (Å²) in [5.74, 6) is 0.364. The van der Waals surface area contributed by atoms with Crippen molar-refractivity contribution >= 4 is 21.6 Å². The van der Waals surface area contributed by atoms with E-state index in [4.69, 9.17) is 0 Å². The molecule has 0 unspecified atom stereocenters. The Morgan fingerprint density at radius 3 is 2.44 bits per heavy atom. The fraction of sp³-hybridized carbons (Fsp3) is 0.611. The van der Waals surface area contributed by atoms with Crippen molar-refractivity contribution in [1.82, 2.24) is 9.21 Å². The van der Waals surface area contributed by atoms with Crippen molar-refractivity contribution in [2.45, 2.75) is 37.1 Å². The van der Waals surface area contributed by atoms with Crippen LogP contribution in [-0.4, -0.2) is 62.8 Å². The molecule has 0 radical (unpaired) electrons. The summed E-state index contributed by atoms with van der Waals surface area (Å²) in [6, 6.07) is 5.36. The second kappa shape index (κ2) is 6.07. The molecule has 0 spiro atoms. The van der Waals surface area contributed by atoms with E-state index in [0.29, 0.717) is 18.0 Å². The van der Waals surface area contributed by atoms with Crippen LogP contribution in [0, 0.1) is 5.92 Å². The molecular weight excluding hydrogens is 338 g/mol. The number of piperazine rings is 1. The first-order valence-electron chi connectivity index (χ1n) is 9.02. The van der Waals surface area contributed by atoms with E-state index < -0.39 is 10.0 Å². The Labute approximate surface area is 149 Å². The maximum absolute atomic E-state index is 12.9. The molecule has 1 aliphatic carbocycles. The molecule has 6 nitrogen and oxygen atoms in total. The lowest BCUT2D eigenvalue weighted by molar-refractivity contribution is -0.120. The minimum Gasteiger partial charge on any atom is -0.309 e. The van der Waals surface area contributed by atoms with E-state index in [9.17, 15) is 13.2 Å². The molecule has 4 rings (SSSR count). The summed E-state index contributed by atoms with van der Waals surface area (Å²) in [7, 11) is -1.46. The first-order valence-corrected chi connectivity index (χ1v) is 10.5.